The van der Waals surface area contributed by atoms with Crippen molar-refractivity contribution in [1.82, 2.24) is 9.78 Å². The molecular weight excluding hydrogens is 440 g/mol. The van der Waals surface area contributed by atoms with Crippen molar-refractivity contribution in [2.24, 2.45) is 5.41 Å². The van der Waals surface area contributed by atoms with Crippen LogP contribution in [0, 0.1) is 12.3 Å². The molecule has 1 aliphatic heterocycles. The summed E-state index contributed by atoms with van der Waals surface area (Å²) in [5, 5.41) is 11.0. The summed E-state index contributed by atoms with van der Waals surface area (Å²) in [7, 11) is 0. The molecule has 180 valence electrons. The van der Waals surface area contributed by atoms with Gasteiger partial charge in [0, 0.05) is 23.4 Å². The lowest BCUT2D eigenvalue weighted by Crippen LogP contribution is -2.37. The van der Waals surface area contributed by atoms with Gasteiger partial charge in [0.15, 0.2) is 5.78 Å². The van der Waals surface area contributed by atoms with E-state index in [0.29, 0.717) is 36.5 Å². The molecule has 0 spiro atoms. The number of nitrogens with one attached hydrogen (secondary N) is 2. The van der Waals surface area contributed by atoms with Gasteiger partial charge in [-0.15, -0.1) is 0 Å². The zero-order valence-corrected chi connectivity index (χ0v) is 20.5. The molecule has 1 aliphatic carbocycles. The lowest BCUT2D eigenvalue weighted by molar-refractivity contribution is -0.118. The Morgan fingerprint density at radius 2 is 1.86 bits per heavy atom. The van der Waals surface area contributed by atoms with E-state index in [0.717, 1.165) is 28.1 Å². The summed E-state index contributed by atoms with van der Waals surface area (Å²) in [5.74, 6) is 1.22. The Hall–Kier alpha value is -3.87. The molecule has 7 heteroatoms. The fourth-order valence-electron chi connectivity index (χ4n) is 4.93. The van der Waals surface area contributed by atoms with Gasteiger partial charge in [0.05, 0.1) is 12.8 Å². The van der Waals surface area contributed by atoms with Crippen molar-refractivity contribution >= 4 is 23.2 Å². The summed E-state index contributed by atoms with van der Waals surface area (Å²) in [6.45, 7) is 8.72. The molecule has 2 N–H and O–H groups in total. The highest BCUT2D eigenvalue weighted by Crippen LogP contribution is 2.46. The number of rotatable bonds is 5. The highest BCUT2D eigenvalue weighted by atomic mass is 16.5. The van der Waals surface area contributed by atoms with Crippen molar-refractivity contribution < 1.29 is 14.3 Å². The maximum Gasteiger partial charge on any atom is 0.261 e. The quantitative estimate of drug-likeness (QED) is 0.514. The molecule has 1 atom stereocenters. The third-order valence-corrected chi connectivity index (χ3v) is 6.56. The molecule has 2 aliphatic rings. The van der Waals surface area contributed by atoms with Crippen LogP contribution in [0.1, 0.15) is 61.1 Å². The maximum absolute atomic E-state index is 13.4. The minimum Gasteiger partial charge on any atom is -0.494 e. The Labute approximate surface area is 205 Å². The molecule has 3 aromatic rings. The van der Waals surface area contributed by atoms with E-state index >= 15 is 0 Å². The molecule has 35 heavy (non-hydrogen) atoms. The van der Waals surface area contributed by atoms with Crippen molar-refractivity contribution in [3.05, 3.63) is 82.7 Å². The molecule has 2 heterocycles. The normalized spacial score (nSPS) is 18.4. The van der Waals surface area contributed by atoms with Crippen LogP contribution in [0.5, 0.6) is 5.75 Å². The first-order valence-corrected chi connectivity index (χ1v) is 12.0. The minimum atomic E-state index is -0.415. The van der Waals surface area contributed by atoms with Gasteiger partial charge in [0.1, 0.15) is 23.2 Å². The molecule has 2 aromatic carbocycles. The number of aromatic nitrogens is 2. The smallest absolute Gasteiger partial charge is 0.261 e. The molecule has 7 nitrogen and oxygen atoms in total. The first-order chi connectivity index (χ1) is 16.8. The van der Waals surface area contributed by atoms with Crippen molar-refractivity contribution in [3.63, 3.8) is 0 Å². The monoisotopic (exact) mass is 470 g/mol. The zero-order valence-electron chi connectivity index (χ0n) is 20.5. The highest BCUT2D eigenvalue weighted by molar-refractivity contribution is 6.08. The van der Waals surface area contributed by atoms with Gasteiger partial charge in [-0.3, -0.25) is 9.59 Å². The SMILES string of the molecule is CCOc1ccc(C2C3=C(CC(C)(C)CC3=O)Nc3c(C(=O)Nc4ccc(C)cc4)cnn32)cc1. The molecule has 1 unspecified atom stereocenters. The van der Waals surface area contributed by atoms with Gasteiger partial charge in [-0.2, -0.15) is 5.10 Å². The maximum atomic E-state index is 13.4. The van der Waals surface area contributed by atoms with Crippen molar-refractivity contribution in [2.45, 2.75) is 46.6 Å². The van der Waals surface area contributed by atoms with Crippen LogP contribution in [0.15, 0.2) is 66.0 Å². The molecule has 0 fully saturated rings. The lowest BCUT2D eigenvalue weighted by Gasteiger charge is -2.39. The van der Waals surface area contributed by atoms with E-state index in [4.69, 9.17) is 4.74 Å². The van der Waals surface area contributed by atoms with Crippen LogP contribution < -0.4 is 15.4 Å². The highest BCUT2D eigenvalue weighted by Gasteiger charge is 2.42. The lowest BCUT2D eigenvalue weighted by atomic mass is 9.73. The Bertz CT molecular complexity index is 1320. The van der Waals surface area contributed by atoms with Crippen LogP contribution in [-0.4, -0.2) is 28.1 Å². The standard InChI is InChI=1S/C28H30N4O3/c1-5-35-20-12-8-18(9-13-20)25-24-22(14-28(3,4)15-23(24)33)31-26-21(16-29-32(25)26)27(34)30-19-10-6-17(2)7-11-19/h6-13,16,25,31H,5,14-15H2,1-4H3,(H,30,34). The summed E-state index contributed by atoms with van der Waals surface area (Å²) < 4.78 is 7.36. The zero-order chi connectivity index (χ0) is 24.7. The van der Waals surface area contributed by atoms with Crippen LogP contribution in [0.4, 0.5) is 11.5 Å². The molecule has 0 bridgehead atoms. The number of amides is 1. The Balaban J connectivity index is 1.56. The Morgan fingerprint density at radius 1 is 1.14 bits per heavy atom. The van der Waals surface area contributed by atoms with Gasteiger partial charge < -0.3 is 15.4 Å². The van der Waals surface area contributed by atoms with E-state index in [1.54, 1.807) is 10.9 Å². The van der Waals surface area contributed by atoms with Crippen LogP contribution in [0.3, 0.4) is 0 Å². The van der Waals surface area contributed by atoms with Crippen molar-refractivity contribution in [1.29, 1.82) is 0 Å². The second-order valence-electron chi connectivity index (χ2n) is 10.0. The molecule has 1 amide bonds. The number of Topliss-reactive ketones (excluding diaryl/α,β-unsaturated/α-hetero) is 1. The Kier molecular flexibility index (Phi) is 5.71. The molecule has 0 radical (unpaired) electrons. The number of nitrogens with zero attached hydrogens (tertiary/aromatic N) is 2. The number of benzene rings is 2. The van der Waals surface area contributed by atoms with Gasteiger partial charge >= 0.3 is 0 Å². The average Bonchev–Trinajstić information content (AvgIpc) is 3.23. The molecular formula is C28H30N4O3. The summed E-state index contributed by atoms with van der Waals surface area (Å²) in [6, 6.07) is 15.0. The van der Waals surface area contributed by atoms with Crippen LogP contribution >= 0.6 is 0 Å². The number of carbonyl (C=O) groups excluding carboxylic acids is 2. The molecule has 1 aromatic heterocycles. The van der Waals surface area contributed by atoms with Crippen molar-refractivity contribution in [2.75, 3.05) is 17.2 Å². The minimum absolute atomic E-state index is 0.106. The van der Waals surface area contributed by atoms with E-state index < -0.39 is 6.04 Å². The van der Waals surface area contributed by atoms with Crippen LogP contribution in [0.25, 0.3) is 0 Å². The van der Waals surface area contributed by atoms with Crippen molar-refractivity contribution in [3.8, 4) is 5.75 Å². The van der Waals surface area contributed by atoms with Crippen LogP contribution in [-0.2, 0) is 4.79 Å². The van der Waals surface area contributed by atoms with E-state index in [9.17, 15) is 9.59 Å². The third kappa shape index (κ3) is 4.34. The van der Waals surface area contributed by atoms with E-state index in [1.165, 1.54) is 0 Å². The van der Waals surface area contributed by atoms with Gasteiger partial charge in [-0.1, -0.05) is 43.7 Å². The first-order valence-electron chi connectivity index (χ1n) is 12.0. The molecule has 5 rings (SSSR count). The molecule has 0 saturated carbocycles. The predicted octanol–water partition coefficient (Wildman–Crippen LogP) is 5.50. The second kappa shape index (κ2) is 8.73. The fourth-order valence-corrected chi connectivity index (χ4v) is 4.93. The summed E-state index contributed by atoms with van der Waals surface area (Å²) in [4.78, 5) is 26.6. The summed E-state index contributed by atoms with van der Waals surface area (Å²) in [5.41, 5.74) is 4.60. The van der Waals surface area contributed by atoms with E-state index in [1.807, 2.05) is 62.4 Å². The number of fused-ring (bicyclic) bond motifs is 1. The topological polar surface area (TPSA) is 85.2 Å². The van der Waals surface area contributed by atoms with Gasteiger partial charge in [0.25, 0.3) is 5.91 Å². The first kappa shape index (κ1) is 22.9. The van der Waals surface area contributed by atoms with E-state index in [2.05, 4.69) is 29.6 Å². The van der Waals surface area contributed by atoms with Gasteiger partial charge in [-0.05, 0) is 55.5 Å². The Morgan fingerprint density at radius 3 is 2.54 bits per heavy atom. The largest absolute Gasteiger partial charge is 0.494 e. The summed E-state index contributed by atoms with van der Waals surface area (Å²) >= 11 is 0. The third-order valence-electron chi connectivity index (χ3n) is 6.56. The predicted molar refractivity (Wildman–Crippen MR) is 136 cm³/mol. The number of ketones is 1. The van der Waals surface area contributed by atoms with Gasteiger partial charge in [0.2, 0.25) is 0 Å². The average molecular weight is 471 g/mol. The number of hydrogen-bond donors (Lipinski definition) is 2. The van der Waals surface area contributed by atoms with E-state index in [-0.39, 0.29) is 17.1 Å². The number of anilines is 2. The molecule has 0 saturated heterocycles. The number of carbonyl (C=O) groups is 2. The van der Waals surface area contributed by atoms with Gasteiger partial charge in [-0.25, -0.2) is 4.68 Å². The number of ether oxygens (including phenoxy) is 1. The second-order valence-corrected chi connectivity index (χ2v) is 10.0. The number of aryl methyl sites for hydroxylation is 1. The fraction of sp³-hybridized carbons (Fsp3) is 0.321. The summed E-state index contributed by atoms with van der Waals surface area (Å²) in [6.07, 6.45) is 2.76. The van der Waals surface area contributed by atoms with Crippen LogP contribution in [0.2, 0.25) is 0 Å². The number of allylic oxidation sites excluding steroid dienone is 2. The number of hydrogen-bond acceptors (Lipinski definition) is 5.